The highest BCUT2D eigenvalue weighted by Crippen LogP contribution is 2.25. The summed E-state index contributed by atoms with van der Waals surface area (Å²) in [5.41, 5.74) is 0. The van der Waals surface area contributed by atoms with Gasteiger partial charge in [0.1, 0.15) is 18.3 Å². The molecule has 1 fully saturated rings. The van der Waals surface area contributed by atoms with Crippen molar-refractivity contribution in [2.45, 2.75) is 69.9 Å². The van der Waals surface area contributed by atoms with E-state index in [1.807, 2.05) is 0 Å². The molecule has 0 bridgehead atoms. The fourth-order valence-electron chi connectivity index (χ4n) is 2.16. The van der Waals surface area contributed by atoms with Gasteiger partial charge in [-0.15, -0.1) is 0 Å². The number of unbranched alkanes of at least 4 members (excludes halogenated alkanes) is 4. The summed E-state index contributed by atoms with van der Waals surface area (Å²) in [7, 11) is 0. The average Bonchev–Trinajstić information content (AvgIpc) is 2.56. The summed E-state index contributed by atoms with van der Waals surface area (Å²) in [5, 5.41) is 28.1. The molecule has 1 rings (SSSR count). The molecular formula is C12H24O4. The number of hydrogen-bond acceptors (Lipinski definition) is 4. The zero-order valence-electron chi connectivity index (χ0n) is 10.0. The van der Waals surface area contributed by atoms with E-state index >= 15 is 0 Å². The lowest BCUT2D eigenvalue weighted by Gasteiger charge is -2.14. The largest absolute Gasteiger partial charge is 0.394 e. The maximum Gasteiger partial charge on any atom is 0.111 e. The Morgan fingerprint density at radius 2 is 1.56 bits per heavy atom. The minimum absolute atomic E-state index is 0.232. The summed E-state index contributed by atoms with van der Waals surface area (Å²) in [6, 6.07) is 0. The molecule has 16 heavy (non-hydrogen) atoms. The van der Waals surface area contributed by atoms with Crippen LogP contribution in [0.1, 0.15) is 45.4 Å². The van der Waals surface area contributed by atoms with Gasteiger partial charge in [0.15, 0.2) is 0 Å². The van der Waals surface area contributed by atoms with E-state index in [1.54, 1.807) is 0 Å². The third-order valence-electron chi connectivity index (χ3n) is 3.23. The number of ether oxygens (including phenoxy) is 1. The number of aliphatic hydroxyl groups is 3. The standard InChI is InChI=1S/C12H24O4/c1-2-3-4-5-6-7-9-11(14)12(15)10(8-13)16-9/h9-15H,2-8H2,1H3/t9-,10-,11+,12+/m0/s1. The molecule has 96 valence electrons. The lowest BCUT2D eigenvalue weighted by Crippen LogP contribution is -2.33. The van der Waals surface area contributed by atoms with Crippen molar-refractivity contribution in [1.82, 2.24) is 0 Å². The van der Waals surface area contributed by atoms with E-state index < -0.39 is 18.3 Å². The molecule has 3 N–H and O–H groups in total. The summed E-state index contributed by atoms with van der Waals surface area (Å²) in [6.07, 6.45) is 3.87. The van der Waals surface area contributed by atoms with Crippen LogP contribution in [0, 0.1) is 0 Å². The molecule has 0 aromatic carbocycles. The highest BCUT2D eigenvalue weighted by molar-refractivity contribution is 4.89. The molecule has 4 nitrogen and oxygen atoms in total. The highest BCUT2D eigenvalue weighted by Gasteiger charge is 2.41. The van der Waals surface area contributed by atoms with Crippen LogP contribution in [0.4, 0.5) is 0 Å². The van der Waals surface area contributed by atoms with Crippen LogP contribution in [0.2, 0.25) is 0 Å². The van der Waals surface area contributed by atoms with Crippen LogP contribution in [0.5, 0.6) is 0 Å². The minimum atomic E-state index is -0.939. The monoisotopic (exact) mass is 232 g/mol. The van der Waals surface area contributed by atoms with Gasteiger partial charge in [-0.05, 0) is 6.42 Å². The van der Waals surface area contributed by atoms with Crippen molar-refractivity contribution in [3.8, 4) is 0 Å². The van der Waals surface area contributed by atoms with Gasteiger partial charge in [-0.1, -0.05) is 39.0 Å². The normalized spacial score (nSPS) is 34.5. The summed E-state index contributed by atoms with van der Waals surface area (Å²) in [4.78, 5) is 0. The van der Waals surface area contributed by atoms with Crippen LogP contribution in [0.15, 0.2) is 0 Å². The van der Waals surface area contributed by atoms with E-state index in [9.17, 15) is 10.2 Å². The van der Waals surface area contributed by atoms with E-state index in [-0.39, 0.29) is 12.7 Å². The number of aliphatic hydroxyl groups excluding tert-OH is 3. The Labute approximate surface area is 97.2 Å². The third kappa shape index (κ3) is 3.70. The molecular weight excluding hydrogens is 208 g/mol. The Hall–Kier alpha value is -0.160. The van der Waals surface area contributed by atoms with E-state index in [0.717, 1.165) is 19.3 Å². The van der Waals surface area contributed by atoms with Crippen molar-refractivity contribution < 1.29 is 20.1 Å². The van der Waals surface area contributed by atoms with E-state index in [2.05, 4.69) is 6.92 Å². The van der Waals surface area contributed by atoms with Gasteiger partial charge < -0.3 is 20.1 Å². The molecule has 0 aromatic heterocycles. The lowest BCUT2D eigenvalue weighted by molar-refractivity contribution is -0.0246. The molecule has 0 spiro atoms. The summed E-state index contributed by atoms with van der Waals surface area (Å²) >= 11 is 0. The maximum atomic E-state index is 9.68. The van der Waals surface area contributed by atoms with Gasteiger partial charge in [0.2, 0.25) is 0 Å². The van der Waals surface area contributed by atoms with Gasteiger partial charge in [-0.25, -0.2) is 0 Å². The molecule has 1 heterocycles. The van der Waals surface area contributed by atoms with Crippen molar-refractivity contribution in [3.63, 3.8) is 0 Å². The molecule has 4 heteroatoms. The summed E-state index contributed by atoms with van der Waals surface area (Å²) < 4.78 is 5.39. The fourth-order valence-corrected chi connectivity index (χ4v) is 2.16. The molecule has 1 aliphatic heterocycles. The van der Waals surface area contributed by atoms with E-state index in [4.69, 9.17) is 9.84 Å². The van der Waals surface area contributed by atoms with E-state index in [1.165, 1.54) is 19.3 Å². The first-order chi connectivity index (χ1) is 7.70. The fraction of sp³-hybridized carbons (Fsp3) is 1.00. The SMILES string of the molecule is CCCCCCC[C@@H]1O[C@@H](CO)[C@@H](O)[C@@H]1O. The quantitative estimate of drug-likeness (QED) is 0.569. The maximum absolute atomic E-state index is 9.68. The summed E-state index contributed by atoms with van der Waals surface area (Å²) in [5.74, 6) is 0. The Kier molecular flexibility index (Phi) is 6.28. The molecule has 0 saturated carbocycles. The van der Waals surface area contributed by atoms with Crippen LogP contribution < -0.4 is 0 Å². The molecule has 1 aliphatic rings. The van der Waals surface area contributed by atoms with Crippen molar-refractivity contribution in [2.24, 2.45) is 0 Å². The molecule has 0 unspecified atom stereocenters. The smallest absolute Gasteiger partial charge is 0.111 e. The average molecular weight is 232 g/mol. The zero-order chi connectivity index (χ0) is 12.0. The molecule has 0 amide bonds. The van der Waals surface area contributed by atoms with Crippen LogP contribution in [0.25, 0.3) is 0 Å². The van der Waals surface area contributed by atoms with Crippen molar-refractivity contribution in [1.29, 1.82) is 0 Å². The second-order valence-electron chi connectivity index (χ2n) is 4.58. The van der Waals surface area contributed by atoms with Crippen LogP contribution in [-0.2, 0) is 4.74 Å². The number of hydrogen-bond donors (Lipinski definition) is 3. The highest BCUT2D eigenvalue weighted by atomic mass is 16.6. The second-order valence-corrected chi connectivity index (χ2v) is 4.58. The topological polar surface area (TPSA) is 69.9 Å². The Morgan fingerprint density at radius 1 is 0.938 bits per heavy atom. The van der Waals surface area contributed by atoms with E-state index in [0.29, 0.717) is 0 Å². The predicted molar refractivity (Wildman–Crippen MR) is 61.1 cm³/mol. The predicted octanol–water partition coefficient (Wildman–Crippen LogP) is 0.828. The molecule has 0 aliphatic carbocycles. The summed E-state index contributed by atoms with van der Waals surface area (Å²) in [6.45, 7) is 1.94. The number of rotatable bonds is 7. The van der Waals surface area contributed by atoms with Gasteiger partial charge in [0.25, 0.3) is 0 Å². The lowest BCUT2D eigenvalue weighted by atomic mass is 10.0. The third-order valence-corrected chi connectivity index (χ3v) is 3.23. The Bertz CT molecular complexity index is 186. The van der Waals surface area contributed by atoms with Crippen LogP contribution in [0.3, 0.4) is 0 Å². The van der Waals surface area contributed by atoms with Gasteiger partial charge in [-0.3, -0.25) is 0 Å². The van der Waals surface area contributed by atoms with Crippen molar-refractivity contribution in [3.05, 3.63) is 0 Å². The Balaban J connectivity index is 2.17. The van der Waals surface area contributed by atoms with Gasteiger partial charge in [0.05, 0.1) is 12.7 Å². The van der Waals surface area contributed by atoms with Crippen molar-refractivity contribution in [2.75, 3.05) is 6.61 Å². The molecule has 1 saturated heterocycles. The first-order valence-electron chi connectivity index (χ1n) is 6.33. The first-order valence-corrected chi connectivity index (χ1v) is 6.33. The zero-order valence-corrected chi connectivity index (χ0v) is 10.0. The van der Waals surface area contributed by atoms with Crippen LogP contribution in [-0.4, -0.2) is 46.3 Å². The van der Waals surface area contributed by atoms with Crippen LogP contribution >= 0.6 is 0 Å². The first kappa shape index (κ1) is 13.9. The minimum Gasteiger partial charge on any atom is -0.394 e. The molecule has 4 atom stereocenters. The molecule has 0 aromatic rings. The van der Waals surface area contributed by atoms with Gasteiger partial charge >= 0.3 is 0 Å². The Morgan fingerprint density at radius 3 is 2.12 bits per heavy atom. The van der Waals surface area contributed by atoms with Crippen molar-refractivity contribution >= 4 is 0 Å². The van der Waals surface area contributed by atoms with Gasteiger partial charge in [0, 0.05) is 0 Å². The molecule has 0 radical (unpaired) electrons. The van der Waals surface area contributed by atoms with Gasteiger partial charge in [-0.2, -0.15) is 0 Å². The second kappa shape index (κ2) is 7.22.